The number of hydrogen-bond acceptors (Lipinski definition) is 2. The minimum absolute atomic E-state index is 0.0121. The molecule has 96 valence electrons. The predicted molar refractivity (Wildman–Crippen MR) is 68.3 cm³/mol. The molecule has 1 fully saturated rings. The first kappa shape index (κ1) is 14.3. The van der Waals surface area contributed by atoms with Gasteiger partial charge in [-0.1, -0.05) is 19.3 Å². The first-order chi connectivity index (χ1) is 7.42. The van der Waals surface area contributed by atoms with Gasteiger partial charge >= 0.3 is 0 Å². The van der Waals surface area contributed by atoms with Crippen LogP contribution in [0, 0.1) is 5.41 Å². The molecule has 0 unspecified atom stereocenters. The highest BCUT2D eigenvalue weighted by molar-refractivity contribution is 7.90. The Morgan fingerprint density at radius 1 is 1.25 bits per heavy atom. The Labute approximate surface area is 104 Å². The van der Waals surface area contributed by atoms with Gasteiger partial charge in [-0.25, -0.2) is 13.1 Å². The summed E-state index contributed by atoms with van der Waals surface area (Å²) in [5, 5.41) is -0.372. The van der Waals surface area contributed by atoms with Crippen molar-refractivity contribution in [2.24, 2.45) is 5.41 Å². The van der Waals surface area contributed by atoms with Gasteiger partial charge in [0.25, 0.3) is 0 Å². The van der Waals surface area contributed by atoms with Gasteiger partial charge in [0.15, 0.2) is 0 Å². The molecule has 0 radical (unpaired) electrons. The molecule has 5 heteroatoms. The highest BCUT2D eigenvalue weighted by atomic mass is 35.5. The highest BCUT2D eigenvalue weighted by Crippen LogP contribution is 2.36. The van der Waals surface area contributed by atoms with Crippen molar-refractivity contribution in [2.45, 2.75) is 51.2 Å². The van der Waals surface area contributed by atoms with Crippen LogP contribution in [0.4, 0.5) is 0 Å². The lowest BCUT2D eigenvalue weighted by Gasteiger charge is -2.35. The van der Waals surface area contributed by atoms with Crippen molar-refractivity contribution >= 4 is 21.6 Å². The lowest BCUT2D eigenvalue weighted by Crippen LogP contribution is -2.42. The molecule has 3 nitrogen and oxygen atoms in total. The molecule has 0 spiro atoms. The van der Waals surface area contributed by atoms with E-state index in [0.29, 0.717) is 12.4 Å². The summed E-state index contributed by atoms with van der Waals surface area (Å²) in [6.45, 7) is 3.88. The SMILES string of the molecule is CC(C)S(=O)(=O)NCC1(CCl)CCCCC1. The second-order valence-corrected chi connectivity index (χ2v) is 7.70. The molecule has 1 aliphatic carbocycles. The minimum atomic E-state index is -3.15. The van der Waals surface area contributed by atoms with E-state index < -0.39 is 10.0 Å². The number of sulfonamides is 1. The van der Waals surface area contributed by atoms with Crippen LogP contribution >= 0.6 is 11.6 Å². The highest BCUT2D eigenvalue weighted by Gasteiger charge is 2.32. The molecule has 0 amide bonds. The number of alkyl halides is 1. The first-order valence-electron chi connectivity index (χ1n) is 5.96. The van der Waals surface area contributed by atoms with Crippen molar-refractivity contribution < 1.29 is 8.42 Å². The Hall–Kier alpha value is 0.200. The Balaban J connectivity index is 2.58. The zero-order valence-corrected chi connectivity index (χ0v) is 11.7. The van der Waals surface area contributed by atoms with Gasteiger partial charge in [-0.05, 0) is 32.1 Å². The number of hydrogen-bond donors (Lipinski definition) is 1. The molecule has 0 aliphatic heterocycles. The van der Waals surface area contributed by atoms with Crippen molar-refractivity contribution in [1.82, 2.24) is 4.72 Å². The van der Waals surface area contributed by atoms with Crippen LogP contribution in [0.1, 0.15) is 46.0 Å². The van der Waals surface area contributed by atoms with Gasteiger partial charge in [0.1, 0.15) is 0 Å². The monoisotopic (exact) mass is 267 g/mol. The maximum atomic E-state index is 11.7. The summed E-state index contributed by atoms with van der Waals surface area (Å²) in [5.74, 6) is 0.549. The summed E-state index contributed by atoms with van der Waals surface area (Å²) in [5.41, 5.74) is -0.0121. The fourth-order valence-corrected chi connectivity index (χ4v) is 3.28. The fraction of sp³-hybridized carbons (Fsp3) is 1.00. The maximum Gasteiger partial charge on any atom is 0.213 e. The van der Waals surface area contributed by atoms with Crippen LogP contribution in [-0.2, 0) is 10.0 Å². The molecule has 0 atom stereocenters. The van der Waals surface area contributed by atoms with E-state index in [1.807, 2.05) is 0 Å². The predicted octanol–water partition coefficient (Wildman–Crippen LogP) is 2.50. The standard InChI is InChI=1S/C11H22ClNO2S/c1-10(2)16(14,15)13-9-11(8-12)6-4-3-5-7-11/h10,13H,3-9H2,1-2H3. The molecule has 16 heavy (non-hydrogen) atoms. The molecule has 1 N–H and O–H groups in total. The van der Waals surface area contributed by atoms with Crippen molar-refractivity contribution in [3.63, 3.8) is 0 Å². The van der Waals surface area contributed by atoms with Crippen molar-refractivity contribution in [3.8, 4) is 0 Å². The van der Waals surface area contributed by atoms with Crippen LogP contribution in [0.25, 0.3) is 0 Å². The van der Waals surface area contributed by atoms with Gasteiger partial charge in [0, 0.05) is 12.4 Å². The van der Waals surface area contributed by atoms with E-state index in [4.69, 9.17) is 11.6 Å². The van der Waals surface area contributed by atoms with E-state index >= 15 is 0 Å². The molecular weight excluding hydrogens is 246 g/mol. The Kier molecular flexibility index (Phi) is 5.08. The van der Waals surface area contributed by atoms with E-state index in [2.05, 4.69) is 4.72 Å². The zero-order chi connectivity index (χ0) is 12.2. The molecule has 0 aromatic heterocycles. The number of rotatable bonds is 5. The summed E-state index contributed by atoms with van der Waals surface area (Å²) >= 11 is 6.01. The van der Waals surface area contributed by atoms with Gasteiger partial charge in [0.05, 0.1) is 5.25 Å². The summed E-state index contributed by atoms with van der Waals surface area (Å²) in [6, 6.07) is 0. The molecular formula is C11H22ClNO2S. The quantitative estimate of drug-likeness (QED) is 0.778. The average molecular weight is 268 g/mol. The van der Waals surface area contributed by atoms with Crippen LogP contribution in [0.2, 0.25) is 0 Å². The Morgan fingerprint density at radius 3 is 2.25 bits per heavy atom. The lowest BCUT2D eigenvalue weighted by atomic mass is 9.76. The van der Waals surface area contributed by atoms with Crippen LogP contribution in [-0.4, -0.2) is 26.1 Å². The fourth-order valence-electron chi connectivity index (χ4n) is 2.08. The topological polar surface area (TPSA) is 46.2 Å². The number of halogens is 1. The van der Waals surface area contributed by atoms with Crippen LogP contribution in [0.15, 0.2) is 0 Å². The van der Waals surface area contributed by atoms with E-state index in [9.17, 15) is 8.42 Å². The van der Waals surface area contributed by atoms with Gasteiger partial charge in [-0.15, -0.1) is 11.6 Å². The molecule has 0 bridgehead atoms. The molecule has 0 saturated heterocycles. The molecule has 1 aliphatic rings. The third-order valence-electron chi connectivity index (χ3n) is 3.47. The van der Waals surface area contributed by atoms with Crippen LogP contribution in [0.5, 0.6) is 0 Å². The average Bonchev–Trinajstić information content (AvgIpc) is 2.28. The molecule has 1 saturated carbocycles. The normalized spacial score (nSPS) is 21.2. The minimum Gasteiger partial charge on any atom is -0.214 e. The Bertz CT molecular complexity index is 308. The zero-order valence-electron chi connectivity index (χ0n) is 10.1. The largest absolute Gasteiger partial charge is 0.214 e. The van der Waals surface area contributed by atoms with Gasteiger partial charge in [0.2, 0.25) is 10.0 Å². The first-order valence-corrected chi connectivity index (χ1v) is 8.04. The summed E-state index contributed by atoms with van der Waals surface area (Å²) in [4.78, 5) is 0. The lowest BCUT2D eigenvalue weighted by molar-refractivity contribution is 0.223. The molecule has 0 heterocycles. The van der Waals surface area contributed by atoms with Crippen molar-refractivity contribution in [2.75, 3.05) is 12.4 Å². The van der Waals surface area contributed by atoms with E-state index in [1.165, 1.54) is 6.42 Å². The molecule has 1 rings (SSSR count). The van der Waals surface area contributed by atoms with Crippen LogP contribution < -0.4 is 4.72 Å². The van der Waals surface area contributed by atoms with Crippen molar-refractivity contribution in [3.05, 3.63) is 0 Å². The van der Waals surface area contributed by atoms with E-state index in [1.54, 1.807) is 13.8 Å². The molecule has 0 aromatic rings. The second kappa shape index (κ2) is 5.69. The third kappa shape index (κ3) is 3.60. The summed E-state index contributed by atoms with van der Waals surface area (Å²) in [6.07, 6.45) is 5.65. The van der Waals surface area contributed by atoms with Gasteiger partial charge in [-0.2, -0.15) is 0 Å². The van der Waals surface area contributed by atoms with E-state index in [0.717, 1.165) is 25.7 Å². The summed E-state index contributed by atoms with van der Waals surface area (Å²) in [7, 11) is -3.15. The maximum absolute atomic E-state index is 11.7. The van der Waals surface area contributed by atoms with E-state index in [-0.39, 0.29) is 10.7 Å². The van der Waals surface area contributed by atoms with Crippen LogP contribution in [0.3, 0.4) is 0 Å². The van der Waals surface area contributed by atoms with Gasteiger partial charge in [-0.3, -0.25) is 0 Å². The third-order valence-corrected chi connectivity index (χ3v) is 5.82. The van der Waals surface area contributed by atoms with Crippen molar-refractivity contribution in [1.29, 1.82) is 0 Å². The molecule has 0 aromatic carbocycles. The summed E-state index contributed by atoms with van der Waals surface area (Å²) < 4.78 is 26.1. The smallest absolute Gasteiger partial charge is 0.213 e. The Morgan fingerprint density at radius 2 is 1.81 bits per heavy atom. The number of nitrogens with one attached hydrogen (secondary N) is 1. The van der Waals surface area contributed by atoms with Gasteiger partial charge < -0.3 is 0 Å². The second-order valence-electron chi connectivity index (χ2n) is 5.11.